The van der Waals surface area contributed by atoms with E-state index in [1.54, 1.807) is 4.90 Å². The zero-order chi connectivity index (χ0) is 14.4. The second kappa shape index (κ2) is 7.50. The Balaban J connectivity index is 1.65. The Morgan fingerprint density at radius 3 is 2.35 bits per heavy atom. The Morgan fingerprint density at radius 1 is 1.10 bits per heavy atom. The van der Waals surface area contributed by atoms with Gasteiger partial charge in [0.1, 0.15) is 0 Å². The van der Waals surface area contributed by atoms with Gasteiger partial charge in [-0.25, -0.2) is 4.79 Å². The smallest absolute Gasteiger partial charge is 0.409 e. The van der Waals surface area contributed by atoms with Crippen LogP contribution in [0.2, 0.25) is 0 Å². The lowest BCUT2D eigenvalue weighted by Gasteiger charge is -2.31. The summed E-state index contributed by atoms with van der Waals surface area (Å²) in [6.45, 7) is 2.22. The summed E-state index contributed by atoms with van der Waals surface area (Å²) in [4.78, 5) is 25.2. The van der Waals surface area contributed by atoms with Crippen LogP contribution in [0.3, 0.4) is 0 Å². The summed E-state index contributed by atoms with van der Waals surface area (Å²) in [6, 6.07) is 0. The van der Waals surface area contributed by atoms with E-state index in [1.807, 2.05) is 0 Å². The number of nitrogens with zero attached hydrogens (tertiary/aromatic N) is 1. The van der Waals surface area contributed by atoms with E-state index in [0.717, 1.165) is 45.3 Å². The molecular weight excluding hydrogens is 256 g/mol. The van der Waals surface area contributed by atoms with Gasteiger partial charge in [0.2, 0.25) is 5.91 Å². The highest BCUT2D eigenvalue weighted by Crippen LogP contribution is 2.24. The molecule has 1 aliphatic heterocycles. The molecule has 2 fully saturated rings. The predicted molar refractivity (Wildman–Crippen MR) is 76.3 cm³/mol. The molecule has 1 saturated heterocycles. The Morgan fingerprint density at radius 2 is 1.75 bits per heavy atom. The maximum Gasteiger partial charge on any atom is 0.409 e. The van der Waals surface area contributed by atoms with Crippen molar-refractivity contribution in [1.82, 2.24) is 10.2 Å². The van der Waals surface area contributed by atoms with Crippen molar-refractivity contribution < 1.29 is 14.3 Å². The normalized spacial score (nSPS) is 21.6. The molecule has 0 unspecified atom stereocenters. The van der Waals surface area contributed by atoms with Crippen LogP contribution < -0.4 is 5.32 Å². The van der Waals surface area contributed by atoms with E-state index in [4.69, 9.17) is 4.74 Å². The van der Waals surface area contributed by atoms with Gasteiger partial charge in [-0.1, -0.05) is 19.3 Å². The molecular formula is C15H26N2O3. The zero-order valence-electron chi connectivity index (χ0n) is 12.4. The number of ether oxygens (including phenoxy) is 1. The van der Waals surface area contributed by atoms with Gasteiger partial charge in [0.05, 0.1) is 7.11 Å². The Bertz CT molecular complexity index is 332. The number of carbonyl (C=O) groups is 2. The van der Waals surface area contributed by atoms with Gasteiger partial charge in [-0.05, 0) is 31.6 Å². The fourth-order valence-corrected chi connectivity index (χ4v) is 3.20. The van der Waals surface area contributed by atoms with Crippen LogP contribution in [0.25, 0.3) is 0 Å². The van der Waals surface area contributed by atoms with Gasteiger partial charge in [0.15, 0.2) is 0 Å². The van der Waals surface area contributed by atoms with Crippen LogP contribution in [0.15, 0.2) is 0 Å². The molecule has 114 valence electrons. The molecule has 0 aromatic rings. The lowest BCUT2D eigenvalue weighted by Crippen LogP contribution is -2.42. The van der Waals surface area contributed by atoms with E-state index in [-0.39, 0.29) is 17.9 Å². The Hall–Kier alpha value is -1.26. The third-order valence-corrected chi connectivity index (χ3v) is 4.59. The van der Waals surface area contributed by atoms with Crippen molar-refractivity contribution in [3.05, 3.63) is 0 Å². The van der Waals surface area contributed by atoms with Gasteiger partial charge in [0, 0.05) is 25.6 Å². The summed E-state index contributed by atoms with van der Waals surface area (Å²) >= 11 is 0. The molecule has 2 amide bonds. The molecule has 0 spiro atoms. The van der Waals surface area contributed by atoms with E-state index in [9.17, 15) is 9.59 Å². The van der Waals surface area contributed by atoms with Gasteiger partial charge in [-0.2, -0.15) is 0 Å². The number of nitrogens with one attached hydrogen (secondary N) is 1. The van der Waals surface area contributed by atoms with Gasteiger partial charge in [0.25, 0.3) is 0 Å². The molecule has 2 rings (SSSR count). The lowest BCUT2D eigenvalue weighted by molar-refractivity contribution is -0.126. The topological polar surface area (TPSA) is 58.6 Å². The van der Waals surface area contributed by atoms with Crippen molar-refractivity contribution in [2.75, 3.05) is 26.7 Å². The number of carbonyl (C=O) groups excluding carboxylic acids is 2. The molecule has 1 N–H and O–H groups in total. The fourth-order valence-electron chi connectivity index (χ4n) is 3.20. The van der Waals surface area contributed by atoms with Crippen LogP contribution in [0.5, 0.6) is 0 Å². The molecule has 1 heterocycles. The van der Waals surface area contributed by atoms with Crippen LogP contribution in [0, 0.1) is 11.8 Å². The van der Waals surface area contributed by atoms with Crippen LogP contribution in [0.4, 0.5) is 4.79 Å². The molecule has 2 aliphatic rings. The van der Waals surface area contributed by atoms with Crippen LogP contribution in [-0.2, 0) is 9.53 Å². The first-order chi connectivity index (χ1) is 9.70. The summed E-state index contributed by atoms with van der Waals surface area (Å²) in [5, 5.41) is 3.11. The first-order valence-electron chi connectivity index (χ1n) is 7.81. The number of hydrogen-bond donors (Lipinski definition) is 1. The molecule has 5 heteroatoms. The maximum absolute atomic E-state index is 12.1. The highest BCUT2D eigenvalue weighted by Gasteiger charge is 2.25. The number of rotatable bonds is 3. The number of likely N-dealkylation sites (tertiary alicyclic amines) is 1. The fraction of sp³-hybridized carbons (Fsp3) is 0.867. The van der Waals surface area contributed by atoms with E-state index in [2.05, 4.69) is 5.32 Å². The van der Waals surface area contributed by atoms with Crippen molar-refractivity contribution in [1.29, 1.82) is 0 Å². The van der Waals surface area contributed by atoms with Crippen molar-refractivity contribution in [2.24, 2.45) is 11.8 Å². The molecule has 0 aromatic heterocycles. The Labute approximate surface area is 121 Å². The summed E-state index contributed by atoms with van der Waals surface area (Å²) in [7, 11) is 1.42. The summed E-state index contributed by atoms with van der Waals surface area (Å²) in [5.74, 6) is 0.961. The molecule has 0 radical (unpaired) electrons. The van der Waals surface area contributed by atoms with Crippen molar-refractivity contribution >= 4 is 12.0 Å². The third kappa shape index (κ3) is 4.12. The van der Waals surface area contributed by atoms with E-state index in [0.29, 0.717) is 5.92 Å². The van der Waals surface area contributed by atoms with Crippen LogP contribution in [-0.4, -0.2) is 43.6 Å². The van der Waals surface area contributed by atoms with Gasteiger partial charge in [-0.3, -0.25) is 4.79 Å². The second-order valence-corrected chi connectivity index (χ2v) is 5.98. The van der Waals surface area contributed by atoms with Crippen molar-refractivity contribution in [3.8, 4) is 0 Å². The molecule has 20 heavy (non-hydrogen) atoms. The first kappa shape index (κ1) is 15.1. The highest BCUT2D eigenvalue weighted by atomic mass is 16.5. The average Bonchev–Trinajstić information content (AvgIpc) is 2.53. The maximum atomic E-state index is 12.1. The minimum atomic E-state index is -0.241. The van der Waals surface area contributed by atoms with Crippen LogP contribution >= 0.6 is 0 Å². The summed E-state index contributed by atoms with van der Waals surface area (Å²) in [5.41, 5.74) is 0. The standard InChI is InChI=1S/C15H26N2O3/c1-20-15(19)17-9-7-12(8-10-17)11-16-14(18)13-5-3-2-4-6-13/h12-13H,2-11H2,1H3,(H,16,18). The minimum Gasteiger partial charge on any atom is -0.453 e. The van der Waals surface area contributed by atoms with Gasteiger partial charge >= 0.3 is 6.09 Å². The van der Waals surface area contributed by atoms with Crippen molar-refractivity contribution in [2.45, 2.75) is 44.9 Å². The molecule has 0 aromatic carbocycles. The molecule has 5 nitrogen and oxygen atoms in total. The summed E-state index contributed by atoms with van der Waals surface area (Å²) < 4.78 is 4.72. The number of hydrogen-bond acceptors (Lipinski definition) is 3. The van der Waals surface area contributed by atoms with Gasteiger partial charge in [-0.15, -0.1) is 0 Å². The number of methoxy groups -OCH3 is 1. The largest absolute Gasteiger partial charge is 0.453 e. The minimum absolute atomic E-state index is 0.235. The number of piperidine rings is 1. The average molecular weight is 282 g/mol. The molecule has 0 atom stereocenters. The summed E-state index contributed by atoms with van der Waals surface area (Å²) in [6.07, 6.45) is 7.40. The zero-order valence-corrected chi connectivity index (χ0v) is 12.4. The molecule has 1 aliphatic carbocycles. The second-order valence-electron chi connectivity index (χ2n) is 5.98. The Kier molecular flexibility index (Phi) is 5.68. The van der Waals surface area contributed by atoms with Crippen molar-refractivity contribution in [3.63, 3.8) is 0 Å². The number of amides is 2. The van der Waals surface area contributed by atoms with Gasteiger partial charge < -0.3 is 15.0 Å². The van der Waals surface area contributed by atoms with E-state index in [1.165, 1.54) is 26.4 Å². The monoisotopic (exact) mass is 282 g/mol. The van der Waals surface area contributed by atoms with Crippen LogP contribution in [0.1, 0.15) is 44.9 Å². The van der Waals surface area contributed by atoms with E-state index < -0.39 is 0 Å². The third-order valence-electron chi connectivity index (χ3n) is 4.59. The first-order valence-corrected chi connectivity index (χ1v) is 7.81. The predicted octanol–water partition coefficient (Wildman–Crippen LogP) is 2.16. The lowest BCUT2D eigenvalue weighted by atomic mass is 9.88. The quantitative estimate of drug-likeness (QED) is 0.863. The molecule has 0 bridgehead atoms. The van der Waals surface area contributed by atoms with E-state index >= 15 is 0 Å². The SMILES string of the molecule is COC(=O)N1CCC(CNC(=O)C2CCCCC2)CC1. The highest BCUT2D eigenvalue weighted by molar-refractivity contribution is 5.78. The molecule has 1 saturated carbocycles.